The van der Waals surface area contributed by atoms with E-state index < -0.39 is 12.3 Å². The maximum atomic E-state index is 12.9. The number of ether oxygens (including phenoxy) is 2. The second-order valence-corrected chi connectivity index (χ2v) is 4.23. The molecule has 7 heteroatoms. The predicted molar refractivity (Wildman–Crippen MR) is 68.9 cm³/mol. The molecule has 1 aliphatic heterocycles. The first-order valence-corrected chi connectivity index (χ1v) is 5.96. The van der Waals surface area contributed by atoms with Gasteiger partial charge in [-0.3, -0.25) is 4.79 Å². The van der Waals surface area contributed by atoms with Gasteiger partial charge < -0.3 is 20.1 Å². The number of hydrogen-bond acceptors (Lipinski definition) is 4. The molecular weight excluding hydrogens is 270 g/mol. The van der Waals surface area contributed by atoms with Gasteiger partial charge in [0, 0.05) is 18.3 Å². The van der Waals surface area contributed by atoms with Gasteiger partial charge in [-0.25, -0.2) is 0 Å². The number of benzene rings is 1. The molecule has 1 unspecified atom stereocenters. The molecule has 1 atom stereocenters. The monoisotopic (exact) mass is 284 g/mol. The zero-order valence-electron chi connectivity index (χ0n) is 10.8. The van der Waals surface area contributed by atoms with Crippen molar-refractivity contribution in [3.8, 4) is 11.5 Å². The lowest BCUT2D eigenvalue weighted by atomic mass is 10.2. The van der Waals surface area contributed by atoms with Gasteiger partial charge in [-0.2, -0.15) is 0 Å². The molecule has 20 heavy (non-hydrogen) atoms. The summed E-state index contributed by atoms with van der Waals surface area (Å²) in [7, 11) is 0. The molecule has 1 aliphatic rings. The number of amides is 1. The van der Waals surface area contributed by atoms with Crippen molar-refractivity contribution in [3.63, 3.8) is 0 Å². The van der Waals surface area contributed by atoms with Gasteiger partial charge >= 0.3 is 6.29 Å². The van der Waals surface area contributed by atoms with Crippen molar-refractivity contribution in [1.82, 2.24) is 5.32 Å². The molecule has 0 spiro atoms. The van der Waals surface area contributed by atoms with E-state index in [0.717, 1.165) is 0 Å². The molecule has 108 valence electrons. The van der Waals surface area contributed by atoms with Crippen LogP contribution >= 0.6 is 0 Å². The van der Waals surface area contributed by atoms with Crippen molar-refractivity contribution < 1.29 is 23.0 Å². The molecule has 1 amide bonds. The summed E-state index contributed by atoms with van der Waals surface area (Å²) in [5.41, 5.74) is 0.478. The van der Waals surface area contributed by atoms with E-state index in [2.05, 4.69) is 26.7 Å². The number of nitrogens with one attached hydrogen (secondary N) is 2. The van der Waals surface area contributed by atoms with Crippen LogP contribution in [0.3, 0.4) is 0 Å². The second-order valence-electron chi connectivity index (χ2n) is 4.23. The van der Waals surface area contributed by atoms with Gasteiger partial charge in [0.15, 0.2) is 11.5 Å². The molecule has 0 saturated heterocycles. The Morgan fingerprint density at radius 3 is 2.85 bits per heavy atom. The normalized spacial score (nSPS) is 16.4. The van der Waals surface area contributed by atoms with Crippen molar-refractivity contribution in [2.45, 2.75) is 19.3 Å². The zero-order chi connectivity index (χ0) is 14.8. The molecule has 0 fully saturated rings. The lowest BCUT2D eigenvalue weighted by Crippen LogP contribution is -2.37. The molecule has 2 N–H and O–H groups in total. The fourth-order valence-electron chi connectivity index (χ4n) is 1.68. The highest BCUT2D eigenvalue weighted by Crippen LogP contribution is 2.42. The van der Waals surface area contributed by atoms with Crippen LogP contribution in [0.4, 0.5) is 14.5 Å². The highest BCUT2D eigenvalue weighted by molar-refractivity contribution is 5.84. The summed E-state index contributed by atoms with van der Waals surface area (Å²) in [6.07, 6.45) is -2.08. The Hall–Kier alpha value is -2.31. The Bertz CT molecular complexity index is 534. The van der Waals surface area contributed by atoms with Crippen LogP contribution in [0.5, 0.6) is 11.5 Å². The average molecular weight is 284 g/mol. The maximum Gasteiger partial charge on any atom is 0.586 e. The van der Waals surface area contributed by atoms with Crippen LogP contribution in [0.2, 0.25) is 0 Å². The van der Waals surface area contributed by atoms with E-state index in [-0.39, 0.29) is 17.4 Å². The van der Waals surface area contributed by atoms with Crippen LogP contribution in [-0.2, 0) is 4.79 Å². The van der Waals surface area contributed by atoms with E-state index >= 15 is 0 Å². The van der Waals surface area contributed by atoms with Crippen LogP contribution < -0.4 is 20.1 Å². The maximum absolute atomic E-state index is 12.9. The Labute approximate surface area is 114 Å². The fourth-order valence-corrected chi connectivity index (χ4v) is 1.68. The zero-order valence-corrected chi connectivity index (χ0v) is 10.8. The molecule has 0 aliphatic carbocycles. The summed E-state index contributed by atoms with van der Waals surface area (Å²) < 4.78 is 34.3. The molecule has 0 saturated carbocycles. The summed E-state index contributed by atoms with van der Waals surface area (Å²) in [6, 6.07) is 3.71. The van der Waals surface area contributed by atoms with Gasteiger partial charge in [0.05, 0.1) is 0 Å². The minimum Gasteiger partial charge on any atom is -0.395 e. The Balaban J connectivity index is 2.01. The lowest BCUT2D eigenvalue weighted by Gasteiger charge is -2.14. The predicted octanol–water partition coefficient (Wildman–Crippen LogP) is 2.11. The quantitative estimate of drug-likeness (QED) is 0.813. The van der Waals surface area contributed by atoms with Crippen molar-refractivity contribution in [3.05, 3.63) is 30.9 Å². The minimum absolute atomic E-state index is 0.0377. The number of carbonyl (C=O) groups excluding carboxylic acids is 1. The van der Waals surface area contributed by atoms with Crippen molar-refractivity contribution >= 4 is 11.6 Å². The molecule has 0 aromatic heterocycles. The van der Waals surface area contributed by atoms with Gasteiger partial charge in [0.25, 0.3) is 0 Å². The number of carbonyl (C=O) groups is 1. The van der Waals surface area contributed by atoms with Crippen LogP contribution in [-0.4, -0.2) is 24.8 Å². The van der Waals surface area contributed by atoms with Crippen molar-refractivity contribution in [1.29, 1.82) is 0 Å². The number of anilines is 1. The van der Waals surface area contributed by atoms with E-state index in [4.69, 9.17) is 0 Å². The average Bonchev–Trinajstić information content (AvgIpc) is 2.68. The highest BCUT2D eigenvalue weighted by Gasteiger charge is 2.43. The third kappa shape index (κ3) is 3.17. The van der Waals surface area contributed by atoms with E-state index in [0.29, 0.717) is 12.2 Å². The number of fused-ring (bicyclic) bond motifs is 1. The summed E-state index contributed by atoms with van der Waals surface area (Å²) in [5, 5.41) is 5.50. The third-order valence-corrected chi connectivity index (χ3v) is 2.60. The summed E-state index contributed by atoms with van der Waals surface area (Å²) in [6.45, 7) is 5.50. The van der Waals surface area contributed by atoms with E-state index in [1.54, 1.807) is 13.0 Å². The molecular formula is C13H14F2N2O3. The summed E-state index contributed by atoms with van der Waals surface area (Å²) in [4.78, 5) is 11.6. The van der Waals surface area contributed by atoms with Gasteiger partial charge in [0.1, 0.15) is 6.04 Å². The van der Waals surface area contributed by atoms with Gasteiger partial charge in [0.2, 0.25) is 5.91 Å². The molecule has 2 rings (SSSR count). The summed E-state index contributed by atoms with van der Waals surface area (Å²) >= 11 is 0. The van der Waals surface area contributed by atoms with E-state index in [1.807, 2.05) is 0 Å². The van der Waals surface area contributed by atoms with E-state index in [1.165, 1.54) is 18.2 Å². The molecule has 1 heterocycles. The van der Waals surface area contributed by atoms with E-state index in [9.17, 15) is 13.6 Å². The van der Waals surface area contributed by atoms with Crippen LogP contribution in [0.1, 0.15) is 6.92 Å². The number of rotatable bonds is 5. The van der Waals surface area contributed by atoms with Gasteiger partial charge in [-0.15, -0.1) is 15.4 Å². The SMILES string of the molecule is C=CCNC(=O)C(C)Nc1ccc2c(c1)OC(F)(F)O2. The molecule has 1 aromatic rings. The molecule has 1 aromatic carbocycles. The molecule has 5 nitrogen and oxygen atoms in total. The van der Waals surface area contributed by atoms with Crippen molar-refractivity contribution in [2.24, 2.45) is 0 Å². The third-order valence-electron chi connectivity index (χ3n) is 2.60. The first-order valence-electron chi connectivity index (χ1n) is 5.96. The first kappa shape index (κ1) is 14.1. The van der Waals surface area contributed by atoms with Gasteiger partial charge in [-0.1, -0.05) is 6.08 Å². The number of alkyl halides is 2. The summed E-state index contributed by atoms with van der Waals surface area (Å²) in [5.74, 6) is -0.337. The van der Waals surface area contributed by atoms with Crippen LogP contribution in [0.15, 0.2) is 30.9 Å². The second kappa shape index (κ2) is 5.36. The fraction of sp³-hybridized carbons (Fsp3) is 0.308. The standard InChI is InChI=1S/C13H14F2N2O3/c1-3-6-16-12(18)8(2)17-9-4-5-10-11(7-9)20-13(14,15)19-10/h3-5,7-8,17H,1,6H2,2H3,(H,16,18). The first-order chi connectivity index (χ1) is 9.41. The number of hydrogen-bond donors (Lipinski definition) is 2. The molecule has 0 radical (unpaired) electrons. The minimum atomic E-state index is -3.64. The van der Waals surface area contributed by atoms with Crippen LogP contribution in [0.25, 0.3) is 0 Å². The Morgan fingerprint density at radius 1 is 1.45 bits per heavy atom. The molecule has 0 bridgehead atoms. The van der Waals surface area contributed by atoms with Crippen LogP contribution in [0, 0.1) is 0 Å². The van der Waals surface area contributed by atoms with Gasteiger partial charge in [-0.05, 0) is 19.1 Å². The highest BCUT2D eigenvalue weighted by atomic mass is 19.3. The smallest absolute Gasteiger partial charge is 0.395 e. The Kier molecular flexibility index (Phi) is 3.78. The Morgan fingerprint density at radius 2 is 2.15 bits per heavy atom. The van der Waals surface area contributed by atoms with Crippen molar-refractivity contribution in [2.75, 3.05) is 11.9 Å². The lowest BCUT2D eigenvalue weighted by molar-refractivity contribution is -0.286. The largest absolute Gasteiger partial charge is 0.586 e. The number of halogens is 2. The topological polar surface area (TPSA) is 59.6 Å².